The lowest BCUT2D eigenvalue weighted by molar-refractivity contribution is 0.281. The second kappa shape index (κ2) is 8.00. The molecule has 0 bridgehead atoms. The number of aliphatic hydroxyl groups excluding tert-OH is 1. The molecule has 98 valence electrons. The topological polar surface area (TPSA) is 69.6 Å². The van der Waals surface area contributed by atoms with E-state index in [4.69, 9.17) is 5.11 Å². The largest absolute Gasteiger partial charge is 0.396 e. The summed E-state index contributed by atoms with van der Waals surface area (Å²) in [6.07, 6.45) is 0.285. The van der Waals surface area contributed by atoms with E-state index in [-0.39, 0.29) is 24.8 Å². The molecule has 0 amide bonds. The Bertz CT molecular complexity index is 263. The van der Waals surface area contributed by atoms with E-state index in [0.717, 1.165) is 13.1 Å². The first kappa shape index (κ1) is 15.8. The Labute approximate surface area is 98.9 Å². The Hall–Kier alpha value is -0.170. The van der Waals surface area contributed by atoms with Crippen LogP contribution in [0.2, 0.25) is 0 Å². The summed E-state index contributed by atoms with van der Waals surface area (Å²) in [7, 11) is -3.24. The highest BCUT2D eigenvalue weighted by Gasteiger charge is 2.15. The SMILES string of the molecule is CCN(CC)CC(C)NS(=O)(=O)CCCO. The van der Waals surface area contributed by atoms with Crippen LogP contribution in [0.3, 0.4) is 0 Å². The van der Waals surface area contributed by atoms with E-state index in [1.165, 1.54) is 0 Å². The van der Waals surface area contributed by atoms with Crippen molar-refractivity contribution in [1.82, 2.24) is 9.62 Å². The van der Waals surface area contributed by atoms with E-state index in [0.29, 0.717) is 6.54 Å². The molecule has 0 saturated carbocycles. The summed E-state index contributed by atoms with van der Waals surface area (Å²) < 4.78 is 25.6. The van der Waals surface area contributed by atoms with Crippen LogP contribution in [0.4, 0.5) is 0 Å². The number of likely N-dealkylation sites (N-methyl/N-ethyl adjacent to an activating group) is 1. The molecule has 1 unspecified atom stereocenters. The zero-order chi connectivity index (χ0) is 12.6. The first-order valence-corrected chi connectivity index (χ1v) is 7.43. The van der Waals surface area contributed by atoms with Gasteiger partial charge in [-0.2, -0.15) is 0 Å². The van der Waals surface area contributed by atoms with Gasteiger partial charge in [0.05, 0.1) is 5.75 Å². The average molecular weight is 252 g/mol. The van der Waals surface area contributed by atoms with Gasteiger partial charge in [-0.05, 0) is 26.4 Å². The fourth-order valence-corrected chi connectivity index (χ4v) is 2.84. The summed E-state index contributed by atoms with van der Waals surface area (Å²) in [5.74, 6) is -0.00785. The van der Waals surface area contributed by atoms with E-state index in [1.54, 1.807) is 0 Å². The van der Waals surface area contributed by atoms with Crippen molar-refractivity contribution in [3.63, 3.8) is 0 Å². The minimum atomic E-state index is -3.24. The van der Waals surface area contributed by atoms with Gasteiger partial charge >= 0.3 is 0 Å². The molecule has 0 aliphatic heterocycles. The second-order valence-corrected chi connectivity index (χ2v) is 5.77. The molecule has 0 fully saturated rings. The molecule has 16 heavy (non-hydrogen) atoms. The van der Waals surface area contributed by atoms with Gasteiger partial charge in [-0.15, -0.1) is 0 Å². The third-order valence-corrected chi connectivity index (χ3v) is 3.97. The monoisotopic (exact) mass is 252 g/mol. The third kappa shape index (κ3) is 7.16. The van der Waals surface area contributed by atoms with E-state index >= 15 is 0 Å². The zero-order valence-electron chi connectivity index (χ0n) is 10.4. The number of nitrogens with zero attached hydrogens (tertiary/aromatic N) is 1. The highest BCUT2D eigenvalue weighted by Crippen LogP contribution is 1.96. The number of aliphatic hydroxyl groups is 1. The van der Waals surface area contributed by atoms with Crippen molar-refractivity contribution in [3.8, 4) is 0 Å². The van der Waals surface area contributed by atoms with Crippen LogP contribution in [-0.4, -0.2) is 56.5 Å². The molecule has 0 aliphatic rings. The lowest BCUT2D eigenvalue weighted by Crippen LogP contribution is -2.42. The highest BCUT2D eigenvalue weighted by atomic mass is 32.2. The van der Waals surface area contributed by atoms with Crippen molar-refractivity contribution < 1.29 is 13.5 Å². The molecule has 0 aliphatic carbocycles. The number of sulfonamides is 1. The molecule has 0 radical (unpaired) electrons. The maximum atomic E-state index is 11.5. The minimum Gasteiger partial charge on any atom is -0.396 e. The summed E-state index contributed by atoms with van der Waals surface area (Å²) in [6.45, 7) is 8.41. The smallest absolute Gasteiger partial charge is 0.211 e. The minimum absolute atomic E-state index is 0.00785. The van der Waals surface area contributed by atoms with Crippen LogP contribution >= 0.6 is 0 Å². The maximum absolute atomic E-state index is 11.5. The van der Waals surface area contributed by atoms with Gasteiger partial charge in [0.15, 0.2) is 0 Å². The Balaban J connectivity index is 4.07. The Morgan fingerprint density at radius 1 is 1.31 bits per heavy atom. The first-order valence-electron chi connectivity index (χ1n) is 5.78. The average Bonchev–Trinajstić information content (AvgIpc) is 2.22. The van der Waals surface area contributed by atoms with Crippen molar-refractivity contribution in [1.29, 1.82) is 0 Å². The molecule has 0 aromatic carbocycles. The highest BCUT2D eigenvalue weighted by molar-refractivity contribution is 7.89. The van der Waals surface area contributed by atoms with E-state index in [2.05, 4.69) is 23.5 Å². The molecule has 2 N–H and O–H groups in total. The molecule has 1 atom stereocenters. The molecule has 0 rings (SSSR count). The molecular formula is C10H24N2O3S. The van der Waals surface area contributed by atoms with E-state index in [9.17, 15) is 8.42 Å². The summed E-state index contributed by atoms with van der Waals surface area (Å²) in [5.41, 5.74) is 0. The number of rotatable bonds is 9. The van der Waals surface area contributed by atoms with Crippen LogP contribution in [0.1, 0.15) is 27.2 Å². The van der Waals surface area contributed by atoms with Crippen LogP contribution in [-0.2, 0) is 10.0 Å². The van der Waals surface area contributed by atoms with E-state index < -0.39 is 10.0 Å². The fraction of sp³-hybridized carbons (Fsp3) is 1.00. The first-order chi connectivity index (χ1) is 7.45. The molecule has 5 nitrogen and oxygen atoms in total. The summed E-state index contributed by atoms with van der Waals surface area (Å²) in [4.78, 5) is 2.17. The molecule has 0 saturated heterocycles. The van der Waals surface area contributed by atoms with Gasteiger partial charge in [0.1, 0.15) is 0 Å². The summed E-state index contributed by atoms with van der Waals surface area (Å²) in [6, 6.07) is -0.0939. The van der Waals surface area contributed by atoms with Crippen LogP contribution in [0, 0.1) is 0 Å². The Kier molecular flexibility index (Phi) is 7.91. The predicted octanol–water partition coefficient (Wildman–Crippen LogP) is 0.0185. The molecule has 0 aromatic heterocycles. The zero-order valence-corrected chi connectivity index (χ0v) is 11.3. The van der Waals surface area contributed by atoms with Crippen LogP contribution in [0.15, 0.2) is 0 Å². The molecular weight excluding hydrogens is 228 g/mol. The maximum Gasteiger partial charge on any atom is 0.211 e. The van der Waals surface area contributed by atoms with Crippen molar-refractivity contribution >= 4 is 10.0 Å². The van der Waals surface area contributed by atoms with Gasteiger partial charge < -0.3 is 10.0 Å². The van der Waals surface area contributed by atoms with Crippen LogP contribution in [0.25, 0.3) is 0 Å². The number of hydrogen-bond donors (Lipinski definition) is 2. The van der Waals surface area contributed by atoms with Crippen molar-refractivity contribution in [2.45, 2.75) is 33.2 Å². The Morgan fingerprint density at radius 2 is 1.88 bits per heavy atom. The molecule has 0 aromatic rings. The summed E-state index contributed by atoms with van der Waals surface area (Å²) >= 11 is 0. The predicted molar refractivity (Wildman–Crippen MR) is 65.9 cm³/mol. The Morgan fingerprint density at radius 3 is 2.31 bits per heavy atom. The number of hydrogen-bond acceptors (Lipinski definition) is 4. The van der Waals surface area contributed by atoms with Gasteiger partial charge in [0.25, 0.3) is 0 Å². The van der Waals surface area contributed by atoms with Gasteiger partial charge in [0, 0.05) is 19.2 Å². The lowest BCUT2D eigenvalue weighted by atomic mass is 10.3. The van der Waals surface area contributed by atoms with Gasteiger partial charge in [-0.3, -0.25) is 0 Å². The molecule has 0 heterocycles. The summed E-state index contributed by atoms with van der Waals surface area (Å²) in [5, 5.41) is 8.58. The fourth-order valence-electron chi connectivity index (χ4n) is 1.53. The van der Waals surface area contributed by atoms with Gasteiger partial charge in [-0.1, -0.05) is 13.8 Å². The molecule has 6 heteroatoms. The quantitative estimate of drug-likeness (QED) is 0.607. The lowest BCUT2D eigenvalue weighted by Gasteiger charge is -2.23. The normalized spacial score (nSPS) is 14.3. The van der Waals surface area contributed by atoms with Crippen molar-refractivity contribution in [2.75, 3.05) is 32.0 Å². The van der Waals surface area contributed by atoms with Crippen LogP contribution in [0.5, 0.6) is 0 Å². The number of nitrogens with one attached hydrogen (secondary N) is 1. The van der Waals surface area contributed by atoms with Crippen molar-refractivity contribution in [3.05, 3.63) is 0 Å². The van der Waals surface area contributed by atoms with Crippen molar-refractivity contribution in [2.24, 2.45) is 0 Å². The van der Waals surface area contributed by atoms with E-state index in [1.807, 2.05) is 6.92 Å². The third-order valence-electron chi connectivity index (χ3n) is 2.38. The second-order valence-electron chi connectivity index (χ2n) is 3.90. The van der Waals surface area contributed by atoms with Crippen LogP contribution < -0.4 is 4.72 Å². The standard InChI is InChI=1S/C10H24N2O3S/c1-4-12(5-2)9-10(3)11-16(14,15)8-6-7-13/h10-11,13H,4-9H2,1-3H3. The molecule has 0 spiro atoms. The van der Waals surface area contributed by atoms with Gasteiger partial charge in [0.2, 0.25) is 10.0 Å². The van der Waals surface area contributed by atoms with Gasteiger partial charge in [-0.25, -0.2) is 13.1 Å².